The van der Waals surface area contributed by atoms with Gasteiger partial charge in [-0.15, -0.1) is 0 Å². The van der Waals surface area contributed by atoms with Crippen LogP contribution in [0.1, 0.15) is 79.6 Å². The number of aliphatic hydroxyl groups is 1. The minimum absolute atomic E-state index is 0.132. The second kappa shape index (κ2) is 5.39. The minimum Gasteiger partial charge on any atom is -0.393 e. The largest absolute Gasteiger partial charge is 0.393 e. The van der Waals surface area contributed by atoms with E-state index < -0.39 is 0 Å². The molecule has 1 nitrogen and oxygen atoms in total. The summed E-state index contributed by atoms with van der Waals surface area (Å²) in [7, 11) is 0. The topological polar surface area (TPSA) is 20.2 Å². The second-order valence-electron chi connectivity index (χ2n) is 8.49. The average molecular weight is 266 g/mol. The minimum atomic E-state index is -0.132. The fourth-order valence-corrected chi connectivity index (χ4v) is 5.65. The molecule has 5 unspecified atom stereocenters. The molecule has 19 heavy (non-hydrogen) atoms. The number of rotatable bonds is 3. The fraction of sp³-hybridized carbons (Fsp3) is 1.00. The van der Waals surface area contributed by atoms with Crippen molar-refractivity contribution in [2.45, 2.75) is 85.7 Å². The predicted molar refractivity (Wildman–Crippen MR) is 82.0 cm³/mol. The third-order valence-electron chi connectivity index (χ3n) is 6.62. The molecular weight excluding hydrogens is 232 g/mol. The highest BCUT2D eigenvalue weighted by atomic mass is 16.3. The molecule has 1 heteroatoms. The van der Waals surface area contributed by atoms with Crippen molar-refractivity contribution in [2.24, 2.45) is 28.6 Å². The smallest absolute Gasteiger partial charge is 0.0512 e. The third kappa shape index (κ3) is 2.86. The van der Waals surface area contributed by atoms with E-state index in [0.717, 1.165) is 24.2 Å². The van der Waals surface area contributed by atoms with E-state index in [1.54, 1.807) is 0 Å². The molecule has 5 atom stereocenters. The van der Waals surface area contributed by atoms with E-state index >= 15 is 0 Å². The first-order valence-electron chi connectivity index (χ1n) is 8.45. The molecular formula is C18H34O. The maximum Gasteiger partial charge on any atom is 0.0512 e. The summed E-state index contributed by atoms with van der Waals surface area (Å²) < 4.78 is 0. The van der Waals surface area contributed by atoms with Crippen LogP contribution in [0.3, 0.4) is 0 Å². The van der Waals surface area contributed by atoms with Gasteiger partial charge in [0.05, 0.1) is 6.10 Å². The van der Waals surface area contributed by atoms with Crippen LogP contribution in [0.25, 0.3) is 0 Å². The number of aliphatic hydroxyl groups excluding tert-OH is 1. The van der Waals surface area contributed by atoms with Crippen molar-refractivity contribution >= 4 is 0 Å². The van der Waals surface area contributed by atoms with Crippen molar-refractivity contribution in [1.29, 1.82) is 0 Å². The van der Waals surface area contributed by atoms with Gasteiger partial charge in [0, 0.05) is 0 Å². The van der Waals surface area contributed by atoms with Crippen LogP contribution in [0.4, 0.5) is 0 Å². The number of hydrogen-bond acceptors (Lipinski definition) is 1. The molecule has 0 amide bonds. The van der Waals surface area contributed by atoms with Crippen molar-refractivity contribution in [2.75, 3.05) is 0 Å². The zero-order valence-corrected chi connectivity index (χ0v) is 13.7. The standard InChI is InChI=1S/C18H34O/c1-13-7-10-16-17(3,4)11-6-12-18(16,5)15(13)9-8-14(2)19/h13-16,19H,6-12H2,1-5H3. The Kier molecular flexibility index (Phi) is 4.35. The summed E-state index contributed by atoms with van der Waals surface area (Å²) in [6, 6.07) is 0. The Labute approximate surface area is 120 Å². The van der Waals surface area contributed by atoms with E-state index in [-0.39, 0.29) is 6.10 Å². The van der Waals surface area contributed by atoms with E-state index in [9.17, 15) is 5.11 Å². The molecule has 0 spiro atoms. The zero-order chi connectivity index (χ0) is 14.3. The van der Waals surface area contributed by atoms with Crippen molar-refractivity contribution in [3.05, 3.63) is 0 Å². The maximum absolute atomic E-state index is 9.65. The molecule has 2 rings (SSSR count). The number of hydrogen-bond donors (Lipinski definition) is 1. The molecule has 1 N–H and O–H groups in total. The Balaban J connectivity index is 2.20. The molecule has 0 aliphatic heterocycles. The van der Waals surface area contributed by atoms with E-state index in [1.165, 1.54) is 38.5 Å². The molecule has 0 heterocycles. The van der Waals surface area contributed by atoms with E-state index in [0.29, 0.717) is 10.8 Å². The van der Waals surface area contributed by atoms with Crippen LogP contribution in [0.15, 0.2) is 0 Å². The van der Waals surface area contributed by atoms with E-state index in [2.05, 4.69) is 27.7 Å². The van der Waals surface area contributed by atoms with Crippen molar-refractivity contribution in [3.8, 4) is 0 Å². The summed E-state index contributed by atoms with van der Waals surface area (Å²) in [6.07, 6.45) is 9.12. The van der Waals surface area contributed by atoms with Gasteiger partial charge in [0.1, 0.15) is 0 Å². The highest BCUT2D eigenvalue weighted by Gasteiger charge is 2.53. The monoisotopic (exact) mass is 266 g/mol. The third-order valence-corrected chi connectivity index (χ3v) is 6.62. The Hall–Kier alpha value is -0.0400. The summed E-state index contributed by atoms with van der Waals surface area (Å²) >= 11 is 0. The van der Waals surface area contributed by atoms with Gasteiger partial charge in [0.2, 0.25) is 0 Å². The highest BCUT2D eigenvalue weighted by molar-refractivity contribution is 5.02. The molecule has 0 saturated heterocycles. The summed E-state index contributed by atoms with van der Waals surface area (Å²) in [5.74, 6) is 2.55. The van der Waals surface area contributed by atoms with Crippen LogP contribution < -0.4 is 0 Å². The van der Waals surface area contributed by atoms with E-state index in [1.807, 2.05) is 6.92 Å². The van der Waals surface area contributed by atoms with Gasteiger partial charge in [-0.1, -0.05) is 40.5 Å². The Morgan fingerprint density at radius 1 is 1.16 bits per heavy atom. The molecule has 112 valence electrons. The van der Waals surface area contributed by atoms with Gasteiger partial charge in [0.15, 0.2) is 0 Å². The first-order valence-corrected chi connectivity index (χ1v) is 8.45. The highest BCUT2D eigenvalue weighted by Crippen LogP contribution is 2.61. The van der Waals surface area contributed by atoms with Gasteiger partial charge in [-0.25, -0.2) is 0 Å². The van der Waals surface area contributed by atoms with E-state index in [4.69, 9.17) is 0 Å². The lowest BCUT2D eigenvalue weighted by Crippen LogP contribution is -2.51. The first kappa shape index (κ1) is 15.4. The predicted octanol–water partition coefficient (Wildman–Crippen LogP) is 5.03. The Morgan fingerprint density at radius 2 is 1.84 bits per heavy atom. The van der Waals surface area contributed by atoms with Crippen LogP contribution in [0.2, 0.25) is 0 Å². The van der Waals surface area contributed by atoms with Crippen molar-refractivity contribution < 1.29 is 5.11 Å². The Bertz CT molecular complexity index is 307. The van der Waals surface area contributed by atoms with Crippen LogP contribution >= 0.6 is 0 Å². The average Bonchev–Trinajstić information content (AvgIpc) is 2.26. The lowest BCUT2D eigenvalue weighted by atomic mass is 9.46. The Morgan fingerprint density at radius 3 is 2.47 bits per heavy atom. The normalized spacial score (nSPS) is 43.6. The first-order chi connectivity index (χ1) is 8.77. The molecule has 2 fully saturated rings. The van der Waals surface area contributed by atoms with Crippen molar-refractivity contribution in [1.82, 2.24) is 0 Å². The summed E-state index contributed by atoms with van der Waals surface area (Å²) in [4.78, 5) is 0. The molecule has 2 aliphatic rings. The molecule has 0 aromatic rings. The molecule has 0 aromatic heterocycles. The van der Waals surface area contributed by atoms with Gasteiger partial charge in [-0.3, -0.25) is 0 Å². The van der Waals surface area contributed by atoms with Crippen LogP contribution in [-0.4, -0.2) is 11.2 Å². The number of fused-ring (bicyclic) bond motifs is 1. The summed E-state index contributed by atoms with van der Waals surface area (Å²) in [5.41, 5.74) is 1.05. The second-order valence-corrected chi connectivity index (χ2v) is 8.49. The van der Waals surface area contributed by atoms with Crippen molar-refractivity contribution in [3.63, 3.8) is 0 Å². The lowest BCUT2D eigenvalue weighted by Gasteiger charge is -2.59. The molecule has 0 radical (unpaired) electrons. The van der Waals surface area contributed by atoms with Gasteiger partial charge in [0.25, 0.3) is 0 Å². The lowest BCUT2D eigenvalue weighted by molar-refractivity contribution is -0.0982. The summed E-state index contributed by atoms with van der Waals surface area (Å²) in [5, 5.41) is 9.65. The molecule has 2 saturated carbocycles. The molecule has 0 bridgehead atoms. The summed E-state index contributed by atoms with van der Waals surface area (Å²) in [6.45, 7) is 12.0. The van der Waals surface area contributed by atoms with Gasteiger partial charge in [-0.2, -0.15) is 0 Å². The zero-order valence-electron chi connectivity index (χ0n) is 13.7. The van der Waals surface area contributed by atoms with Crippen LogP contribution in [0.5, 0.6) is 0 Å². The quantitative estimate of drug-likeness (QED) is 0.760. The van der Waals surface area contributed by atoms with Gasteiger partial charge < -0.3 is 5.11 Å². The van der Waals surface area contributed by atoms with Crippen LogP contribution in [0, 0.1) is 28.6 Å². The van der Waals surface area contributed by atoms with Gasteiger partial charge in [-0.05, 0) is 67.6 Å². The fourth-order valence-electron chi connectivity index (χ4n) is 5.65. The maximum atomic E-state index is 9.65. The molecule has 0 aromatic carbocycles. The van der Waals surface area contributed by atoms with Gasteiger partial charge >= 0.3 is 0 Å². The SMILES string of the molecule is CC(O)CCC1C(C)CCC2C(C)(C)CCCC12C. The molecule has 2 aliphatic carbocycles. The van der Waals surface area contributed by atoms with Crippen LogP contribution in [-0.2, 0) is 0 Å².